The Balaban J connectivity index is 1.89. The number of benzene rings is 1. The summed E-state index contributed by atoms with van der Waals surface area (Å²) < 4.78 is 10.9. The van der Waals surface area contributed by atoms with Crippen LogP contribution in [0.25, 0.3) is 0 Å². The van der Waals surface area contributed by atoms with Crippen molar-refractivity contribution in [2.75, 3.05) is 18.5 Å². The molecule has 1 heterocycles. The molecule has 1 amide bonds. The van der Waals surface area contributed by atoms with Crippen LogP contribution in [0.5, 0.6) is 11.5 Å². The second-order valence-corrected chi connectivity index (χ2v) is 4.35. The van der Waals surface area contributed by atoms with Gasteiger partial charge in [-0.1, -0.05) is 19.1 Å². The summed E-state index contributed by atoms with van der Waals surface area (Å²) in [4.78, 5) is 11.8. The highest BCUT2D eigenvalue weighted by atomic mass is 16.5. The molecule has 0 aliphatic rings. The number of aromatic nitrogens is 2. The van der Waals surface area contributed by atoms with E-state index in [1.165, 1.54) is 0 Å². The van der Waals surface area contributed by atoms with Crippen molar-refractivity contribution in [3.05, 3.63) is 36.0 Å². The van der Waals surface area contributed by atoms with Crippen LogP contribution in [0.1, 0.15) is 19.5 Å². The number of ether oxygens (including phenoxy) is 2. The molecular formula is C15H19N3O3. The molecule has 21 heavy (non-hydrogen) atoms. The van der Waals surface area contributed by atoms with Gasteiger partial charge in [-0.15, -0.1) is 0 Å². The number of rotatable bonds is 7. The summed E-state index contributed by atoms with van der Waals surface area (Å²) in [7, 11) is 0. The van der Waals surface area contributed by atoms with Gasteiger partial charge in [0.25, 0.3) is 5.91 Å². The molecule has 2 N–H and O–H groups in total. The monoisotopic (exact) mass is 289 g/mol. The molecule has 1 aromatic carbocycles. The zero-order chi connectivity index (χ0) is 15.1. The fourth-order valence-corrected chi connectivity index (χ4v) is 1.77. The molecule has 6 heteroatoms. The topological polar surface area (TPSA) is 76.2 Å². The number of carbonyl (C=O) groups excluding carboxylic acids is 1. The van der Waals surface area contributed by atoms with Crippen LogP contribution in [0, 0.1) is 0 Å². The molecule has 0 saturated carbocycles. The molecule has 2 aromatic rings. The molecular weight excluding hydrogens is 270 g/mol. The minimum Gasteiger partial charge on any atom is -0.490 e. The van der Waals surface area contributed by atoms with Crippen LogP contribution >= 0.6 is 0 Å². The van der Waals surface area contributed by atoms with E-state index in [0.29, 0.717) is 23.9 Å². The third kappa shape index (κ3) is 4.24. The lowest BCUT2D eigenvalue weighted by Gasteiger charge is -2.10. The summed E-state index contributed by atoms with van der Waals surface area (Å²) in [6, 6.07) is 9.05. The van der Waals surface area contributed by atoms with Crippen molar-refractivity contribution in [3.63, 3.8) is 0 Å². The van der Waals surface area contributed by atoms with Gasteiger partial charge in [0.2, 0.25) is 0 Å². The predicted molar refractivity (Wildman–Crippen MR) is 79.7 cm³/mol. The smallest absolute Gasteiger partial charge is 0.263 e. The average molecular weight is 289 g/mol. The summed E-state index contributed by atoms with van der Waals surface area (Å²) in [5.74, 6) is 1.40. The van der Waals surface area contributed by atoms with Crippen LogP contribution in [0.4, 0.5) is 5.82 Å². The van der Waals surface area contributed by atoms with Gasteiger partial charge in [-0.05, 0) is 25.5 Å². The lowest BCUT2D eigenvalue weighted by Crippen LogP contribution is -2.20. The highest BCUT2D eigenvalue weighted by Crippen LogP contribution is 2.26. The SMILES string of the molecule is CCOc1ccccc1OCC(=O)Nc1cc(CC)[nH]n1. The van der Waals surface area contributed by atoms with Crippen LogP contribution in [0.2, 0.25) is 0 Å². The van der Waals surface area contributed by atoms with E-state index in [4.69, 9.17) is 9.47 Å². The quantitative estimate of drug-likeness (QED) is 0.820. The maximum Gasteiger partial charge on any atom is 0.263 e. The number of carbonyl (C=O) groups is 1. The Hall–Kier alpha value is -2.50. The summed E-state index contributed by atoms with van der Waals surface area (Å²) in [6.07, 6.45) is 0.834. The Morgan fingerprint density at radius 1 is 1.24 bits per heavy atom. The number of para-hydroxylation sites is 2. The zero-order valence-corrected chi connectivity index (χ0v) is 12.2. The normalized spacial score (nSPS) is 10.2. The van der Waals surface area contributed by atoms with E-state index >= 15 is 0 Å². The molecule has 6 nitrogen and oxygen atoms in total. The van der Waals surface area contributed by atoms with E-state index in [1.807, 2.05) is 26.0 Å². The number of H-pyrrole nitrogens is 1. The molecule has 1 aromatic heterocycles. The van der Waals surface area contributed by atoms with E-state index in [-0.39, 0.29) is 12.5 Å². The summed E-state index contributed by atoms with van der Waals surface area (Å²) in [6.45, 7) is 4.34. The van der Waals surface area contributed by atoms with Gasteiger partial charge < -0.3 is 14.8 Å². The van der Waals surface area contributed by atoms with Gasteiger partial charge >= 0.3 is 0 Å². The summed E-state index contributed by atoms with van der Waals surface area (Å²) in [5, 5.41) is 9.50. The maximum atomic E-state index is 11.8. The second-order valence-electron chi connectivity index (χ2n) is 4.35. The standard InChI is InChI=1S/C15H19N3O3/c1-3-11-9-14(18-17-11)16-15(19)10-21-13-8-6-5-7-12(13)20-4-2/h5-9H,3-4,10H2,1-2H3,(H2,16,17,18,19). The van der Waals surface area contributed by atoms with Crippen LogP contribution in [0.15, 0.2) is 30.3 Å². The highest BCUT2D eigenvalue weighted by molar-refractivity contribution is 5.91. The molecule has 0 aliphatic heterocycles. The van der Waals surface area contributed by atoms with Crippen LogP contribution < -0.4 is 14.8 Å². The molecule has 0 atom stereocenters. The fourth-order valence-electron chi connectivity index (χ4n) is 1.77. The Morgan fingerprint density at radius 3 is 2.57 bits per heavy atom. The molecule has 0 aliphatic carbocycles. The second kappa shape index (κ2) is 7.33. The van der Waals surface area contributed by atoms with E-state index in [0.717, 1.165) is 12.1 Å². The van der Waals surface area contributed by atoms with E-state index in [9.17, 15) is 4.79 Å². The van der Waals surface area contributed by atoms with Gasteiger partial charge in [0.15, 0.2) is 23.9 Å². The fraction of sp³-hybridized carbons (Fsp3) is 0.333. The number of hydrogen-bond acceptors (Lipinski definition) is 4. The Labute approximate surface area is 123 Å². The van der Waals surface area contributed by atoms with Gasteiger partial charge in [0.1, 0.15) is 0 Å². The van der Waals surface area contributed by atoms with Gasteiger partial charge in [0, 0.05) is 11.8 Å². The van der Waals surface area contributed by atoms with E-state index in [1.54, 1.807) is 18.2 Å². The molecule has 0 spiro atoms. The molecule has 0 saturated heterocycles. The minimum absolute atomic E-state index is 0.0988. The maximum absolute atomic E-state index is 11.8. The zero-order valence-electron chi connectivity index (χ0n) is 12.2. The number of amides is 1. The molecule has 2 rings (SSSR count). The van der Waals surface area contributed by atoms with Gasteiger partial charge in [-0.25, -0.2) is 0 Å². The third-order valence-corrected chi connectivity index (χ3v) is 2.79. The number of aromatic amines is 1. The van der Waals surface area contributed by atoms with Crippen molar-refractivity contribution < 1.29 is 14.3 Å². The van der Waals surface area contributed by atoms with Crippen molar-refractivity contribution in [3.8, 4) is 11.5 Å². The Morgan fingerprint density at radius 2 is 1.95 bits per heavy atom. The Kier molecular flexibility index (Phi) is 5.20. The predicted octanol–water partition coefficient (Wildman–Crippen LogP) is 2.39. The van der Waals surface area contributed by atoms with Crippen molar-refractivity contribution in [1.82, 2.24) is 10.2 Å². The lowest BCUT2D eigenvalue weighted by atomic mass is 10.3. The van der Waals surface area contributed by atoms with Gasteiger partial charge in [-0.3, -0.25) is 9.89 Å². The van der Waals surface area contributed by atoms with Crippen molar-refractivity contribution in [2.45, 2.75) is 20.3 Å². The lowest BCUT2D eigenvalue weighted by molar-refractivity contribution is -0.118. The summed E-state index contributed by atoms with van der Waals surface area (Å²) >= 11 is 0. The van der Waals surface area contributed by atoms with Crippen LogP contribution in [0.3, 0.4) is 0 Å². The van der Waals surface area contributed by atoms with E-state index in [2.05, 4.69) is 15.5 Å². The molecule has 0 unspecified atom stereocenters. The largest absolute Gasteiger partial charge is 0.490 e. The third-order valence-electron chi connectivity index (χ3n) is 2.79. The first-order valence-corrected chi connectivity index (χ1v) is 6.91. The minimum atomic E-state index is -0.268. The number of nitrogens with zero attached hydrogens (tertiary/aromatic N) is 1. The van der Waals surface area contributed by atoms with Gasteiger partial charge in [0.05, 0.1) is 6.61 Å². The van der Waals surface area contributed by atoms with E-state index < -0.39 is 0 Å². The van der Waals surface area contributed by atoms with Crippen molar-refractivity contribution >= 4 is 11.7 Å². The van der Waals surface area contributed by atoms with Crippen molar-refractivity contribution in [2.24, 2.45) is 0 Å². The Bertz CT molecular complexity index is 595. The number of anilines is 1. The van der Waals surface area contributed by atoms with Crippen LogP contribution in [-0.4, -0.2) is 29.3 Å². The molecule has 0 radical (unpaired) electrons. The summed E-state index contributed by atoms with van der Waals surface area (Å²) in [5.41, 5.74) is 0.966. The highest BCUT2D eigenvalue weighted by Gasteiger charge is 2.09. The first-order chi connectivity index (χ1) is 10.2. The molecule has 0 bridgehead atoms. The number of aryl methyl sites for hydroxylation is 1. The molecule has 112 valence electrons. The average Bonchev–Trinajstić information content (AvgIpc) is 2.94. The van der Waals surface area contributed by atoms with Gasteiger partial charge in [-0.2, -0.15) is 5.10 Å². The first kappa shape index (κ1) is 14.9. The number of hydrogen-bond donors (Lipinski definition) is 2. The number of nitrogens with one attached hydrogen (secondary N) is 2. The first-order valence-electron chi connectivity index (χ1n) is 6.91. The molecule has 0 fully saturated rings. The van der Waals surface area contributed by atoms with Crippen molar-refractivity contribution in [1.29, 1.82) is 0 Å². The van der Waals surface area contributed by atoms with Crippen LogP contribution in [-0.2, 0) is 11.2 Å².